The first-order chi connectivity index (χ1) is 15.2. The number of aromatic nitrogens is 1. The van der Waals surface area contributed by atoms with Crippen LogP contribution in [0.15, 0.2) is 30.3 Å². The van der Waals surface area contributed by atoms with Crippen molar-refractivity contribution >= 4 is 49.4 Å². The number of hydrogen-bond donors (Lipinski definition) is 1. The Kier molecular flexibility index (Phi) is 9.53. The summed E-state index contributed by atoms with van der Waals surface area (Å²) in [4.78, 5) is 27.2. The fraction of sp³-hybridized carbons (Fsp3) is 0.286. The maximum Gasteiger partial charge on any atom is 0.471 e. The molecule has 0 unspecified atom stereocenters. The van der Waals surface area contributed by atoms with Crippen LogP contribution in [-0.4, -0.2) is 36.3 Å². The molecule has 6 nitrogen and oxygen atoms in total. The highest BCUT2D eigenvalue weighted by Crippen LogP contribution is 2.25. The van der Waals surface area contributed by atoms with Crippen molar-refractivity contribution < 1.29 is 32.2 Å². The summed E-state index contributed by atoms with van der Waals surface area (Å²) in [6.07, 6.45) is -5.05. The third-order valence-corrected chi connectivity index (χ3v) is 4.84. The van der Waals surface area contributed by atoms with E-state index in [0.29, 0.717) is 21.8 Å². The predicted molar refractivity (Wildman–Crippen MR) is 119 cm³/mol. The first-order valence-corrected chi connectivity index (χ1v) is 11.3. The standard InChI is InChI=1S/C21H17Br2F3N2O4/c1-2-31-19(29)12-32-18-9-15(28-20(30)21(24,25)26)6-5-14(18)4-3-13-7-16(10-22)27-17(8-13)11-23/h5-9H,2,10-12H2,1H3,(H,28,30). The summed E-state index contributed by atoms with van der Waals surface area (Å²) in [7, 11) is 0. The predicted octanol–water partition coefficient (Wildman–Crippen LogP) is 4.71. The second-order valence-corrected chi connectivity index (χ2v) is 7.23. The van der Waals surface area contributed by atoms with E-state index < -0.39 is 24.7 Å². The number of alkyl halides is 5. The molecule has 1 heterocycles. The SMILES string of the molecule is CCOC(=O)COc1cc(NC(=O)C(F)(F)F)ccc1C#Cc1cc(CBr)nc(CBr)c1. The summed E-state index contributed by atoms with van der Waals surface area (Å²) < 4.78 is 47.8. The lowest BCUT2D eigenvalue weighted by Gasteiger charge is -2.12. The molecule has 1 aromatic carbocycles. The van der Waals surface area contributed by atoms with Crippen LogP contribution in [0, 0.1) is 11.8 Å². The van der Waals surface area contributed by atoms with Gasteiger partial charge in [0.25, 0.3) is 0 Å². The first-order valence-electron chi connectivity index (χ1n) is 9.10. The van der Waals surface area contributed by atoms with E-state index in [2.05, 4.69) is 48.7 Å². The van der Waals surface area contributed by atoms with Crippen molar-refractivity contribution in [2.45, 2.75) is 23.8 Å². The maximum atomic E-state index is 12.5. The van der Waals surface area contributed by atoms with Crippen LogP contribution in [0.4, 0.5) is 18.9 Å². The quantitative estimate of drug-likeness (QED) is 0.293. The number of carbonyl (C=O) groups excluding carboxylic acids is 2. The number of pyridine rings is 1. The molecule has 2 rings (SSSR count). The molecule has 0 fully saturated rings. The number of benzene rings is 1. The topological polar surface area (TPSA) is 77.5 Å². The van der Waals surface area contributed by atoms with E-state index in [9.17, 15) is 22.8 Å². The zero-order chi connectivity index (χ0) is 23.7. The lowest BCUT2D eigenvalue weighted by molar-refractivity contribution is -0.167. The smallest absolute Gasteiger partial charge is 0.471 e. The molecule has 32 heavy (non-hydrogen) atoms. The zero-order valence-electron chi connectivity index (χ0n) is 16.7. The van der Waals surface area contributed by atoms with E-state index >= 15 is 0 Å². The minimum atomic E-state index is -5.05. The summed E-state index contributed by atoms with van der Waals surface area (Å²) in [6.45, 7) is 1.29. The van der Waals surface area contributed by atoms with Gasteiger partial charge in [0, 0.05) is 28.0 Å². The van der Waals surface area contributed by atoms with Gasteiger partial charge in [0.2, 0.25) is 0 Å². The van der Waals surface area contributed by atoms with Crippen molar-refractivity contribution in [1.82, 2.24) is 4.98 Å². The van der Waals surface area contributed by atoms with Crippen molar-refractivity contribution in [3.05, 3.63) is 52.8 Å². The summed E-state index contributed by atoms with van der Waals surface area (Å²) in [5.41, 5.74) is 2.35. The molecule has 0 atom stereocenters. The molecular formula is C21H17Br2F3N2O4. The van der Waals surface area contributed by atoms with Crippen molar-refractivity contribution in [3.8, 4) is 17.6 Å². The van der Waals surface area contributed by atoms with E-state index in [1.54, 1.807) is 24.4 Å². The van der Waals surface area contributed by atoms with Crippen LogP contribution in [0.25, 0.3) is 0 Å². The maximum absolute atomic E-state index is 12.5. The molecule has 0 spiro atoms. The average molecular weight is 578 g/mol. The third-order valence-electron chi connectivity index (χ3n) is 3.69. The highest BCUT2D eigenvalue weighted by molar-refractivity contribution is 9.08. The Morgan fingerprint density at radius 1 is 1.09 bits per heavy atom. The highest BCUT2D eigenvalue weighted by atomic mass is 79.9. The molecule has 1 aromatic heterocycles. The second-order valence-electron chi connectivity index (χ2n) is 6.11. The molecule has 0 radical (unpaired) electrons. The summed E-state index contributed by atoms with van der Waals surface area (Å²) in [5.74, 6) is 3.06. The van der Waals surface area contributed by atoms with Gasteiger partial charge in [-0.1, -0.05) is 43.7 Å². The second kappa shape index (κ2) is 11.9. The minimum Gasteiger partial charge on any atom is -0.481 e. The summed E-state index contributed by atoms with van der Waals surface area (Å²) >= 11 is 6.69. The van der Waals surface area contributed by atoms with E-state index in [1.165, 1.54) is 12.1 Å². The molecule has 2 aromatic rings. The summed E-state index contributed by atoms with van der Waals surface area (Å²) in [6, 6.07) is 7.37. The fourth-order valence-electron chi connectivity index (χ4n) is 2.36. The van der Waals surface area contributed by atoms with Crippen LogP contribution < -0.4 is 10.1 Å². The van der Waals surface area contributed by atoms with Crippen molar-refractivity contribution in [1.29, 1.82) is 0 Å². The average Bonchev–Trinajstić information content (AvgIpc) is 2.76. The van der Waals surface area contributed by atoms with E-state index in [-0.39, 0.29) is 18.0 Å². The van der Waals surface area contributed by atoms with Crippen LogP contribution >= 0.6 is 31.9 Å². The van der Waals surface area contributed by atoms with Gasteiger partial charge in [-0.05, 0) is 31.2 Å². The van der Waals surface area contributed by atoms with Crippen molar-refractivity contribution in [3.63, 3.8) is 0 Å². The highest BCUT2D eigenvalue weighted by Gasteiger charge is 2.38. The van der Waals surface area contributed by atoms with Gasteiger partial charge in [-0.2, -0.15) is 13.2 Å². The van der Waals surface area contributed by atoms with Crippen molar-refractivity contribution in [2.75, 3.05) is 18.5 Å². The Balaban J connectivity index is 2.37. The monoisotopic (exact) mass is 576 g/mol. The molecule has 0 saturated carbocycles. The zero-order valence-corrected chi connectivity index (χ0v) is 19.9. The molecule has 11 heteroatoms. The first kappa shape index (κ1) is 25.7. The number of rotatable bonds is 7. The number of halogens is 5. The van der Waals surface area contributed by atoms with E-state index in [4.69, 9.17) is 9.47 Å². The van der Waals surface area contributed by atoms with Gasteiger partial charge in [0.15, 0.2) is 6.61 Å². The van der Waals surface area contributed by atoms with Crippen LogP contribution in [0.2, 0.25) is 0 Å². The Hall–Kier alpha value is -2.58. The third kappa shape index (κ3) is 7.84. The number of anilines is 1. The number of nitrogens with zero attached hydrogens (tertiary/aromatic N) is 1. The molecule has 0 aliphatic heterocycles. The summed E-state index contributed by atoms with van der Waals surface area (Å²) in [5, 5.41) is 2.80. The Morgan fingerprint density at radius 3 is 2.31 bits per heavy atom. The normalized spacial score (nSPS) is 10.7. The number of nitrogens with one attached hydrogen (secondary N) is 1. The van der Waals surface area contributed by atoms with Gasteiger partial charge in [-0.3, -0.25) is 9.78 Å². The molecule has 0 bridgehead atoms. The molecule has 1 N–H and O–H groups in total. The minimum absolute atomic E-state index is 0.0148. The molecule has 0 saturated heterocycles. The largest absolute Gasteiger partial charge is 0.481 e. The molecule has 170 valence electrons. The van der Waals surface area contributed by atoms with E-state index in [1.807, 2.05) is 0 Å². The van der Waals surface area contributed by atoms with Gasteiger partial charge in [0.1, 0.15) is 5.75 Å². The van der Waals surface area contributed by atoms with Gasteiger partial charge in [-0.15, -0.1) is 0 Å². The number of esters is 1. The van der Waals surface area contributed by atoms with Gasteiger partial charge in [0.05, 0.1) is 23.6 Å². The van der Waals surface area contributed by atoms with Gasteiger partial charge in [-0.25, -0.2) is 4.79 Å². The lowest BCUT2D eigenvalue weighted by Crippen LogP contribution is -2.29. The van der Waals surface area contributed by atoms with Gasteiger partial charge >= 0.3 is 18.1 Å². The number of amides is 1. The van der Waals surface area contributed by atoms with Gasteiger partial charge < -0.3 is 14.8 Å². The van der Waals surface area contributed by atoms with Crippen LogP contribution in [0.3, 0.4) is 0 Å². The van der Waals surface area contributed by atoms with Crippen LogP contribution in [-0.2, 0) is 25.0 Å². The van der Waals surface area contributed by atoms with Crippen LogP contribution in [0.5, 0.6) is 5.75 Å². The van der Waals surface area contributed by atoms with E-state index in [0.717, 1.165) is 17.5 Å². The Labute approximate surface area is 199 Å². The molecular weight excluding hydrogens is 561 g/mol. The van der Waals surface area contributed by atoms with Crippen molar-refractivity contribution in [2.24, 2.45) is 0 Å². The molecule has 0 aliphatic carbocycles. The molecule has 1 amide bonds. The lowest BCUT2D eigenvalue weighted by atomic mass is 10.1. The van der Waals surface area contributed by atoms with Crippen LogP contribution in [0.1, 0.15) is 29.4 Å². The molecule has 0 aliphatic rings. The Morgan fingerprint density at radius 2 is 1.75 bits per heavy atom. The fourth-order valence-corrected chi connectivity index (χ4v) is 2.94. The Bertz CT molecular complexity index is 1030. The number of hydrogen-bond acceptors (Lipinski definition) is 5. The number of carbonyl (C=O) groups is 2. The number of ether oxygens (including phenoxy) is 2.